The van der Waals surface area contributed by atoms with Crippen LogP contribution in [0.25, 0.3) is 0 Å². The zero-order chi connectivity index (χ0) is 71.3. The first-order chi connectivity index (χ1) is 49.1. The molecule has 0 N–H and O–H groups in total. The van der Waals surface area contributed by atoms with Gasteiger partial charge < -0.3 is 0 Å². The Morgan fingerprint density at radius 2 is 0.222 bits per heavy atom. The van der Waals surface area contributed by atoms with Crippen molar-refractivity contribution in [1.29, 1.82) is 0 Å². The van der Waals surface area contributed by atoms with E-state index in [-0.39, 0.29) is 0 Å². The molecule has 0 heteroatoms. The molecule has 0 aliphatic carbocycles. The third kappa shape index (κ3) is 80.4. The molecule has 99 heavy (non-hydrogen) atoms. The highest BCUT2D eigenvalue weighted by molar-refractivity contribution is 4.78. The molecule has 0 radical (unpaired) electrons. The second-order valence-electron chi connectivity index (χ2n) is 35.0. The summed E-state index contributed by atoms with van der Waals surface area (Å²) in [6.45, 7) is 14.5. The Labute approximate surface area is 633 Å². The van der Waals surface area contributed by atoms with Crippen LogP contribution in [0.3, 0.4) is 0 Å². The van der Waals surface area contributed by atoms with Crippen molar-refractivity contribution in [3.8, 4) is 0 Å². The molecule has 0 aromatic rings. The van der Waals surface area contributed by atoms with Gasteiger partial charge in [0.25, 0.3) is 0 Å². The van der Waals surface area contributed by atoms with Crippen molar-refractivity contribution >= 4 is 0 Å². The van der Waals surface area contributed by atoms with E-state index in [1.165, 1.54) is 578 Å². The lowest BCUT2D eigenvalue weighted by molar-refractivity contribution is 0.197. The minimum Gasteiger partial charge on any atom is -0.0654 e. The van der Waals surface area contributed by atoms with E-state index < -0.39 is 0 Å². The SMILES string of the molecule is CCCCCCCCCCCCCCCCCCCCCCC(CCCCCCCCCCCCCCCCCCCC)CCCCC(CC)(CC)CCCCC(CCCCCCCCCCCCCCCCCCCC)CCCCCCCCCCCCCCCCCCCCCC. The van der Waals surface area contributed by atoms with E-state index >= 15 is 0 Å². The lowest BCUT2D eigenvalue weighted by atomic mass is 9.73. The Balaban J connectivity index is 4.96. The fourth-order valence-electron chi connectivity index (χ4n) is 17.9. The molecule has 2 unspecified atom stereocenters. The highest BCUT2D eigenvalue weighted by Crippen LogP contribution is 2.40. The molecule has 0 fully saturated rings. The summed E-state index contributed by atoms with van der Waals surface area (Å²) in [4.78, 5) is 0. The minimum atomic E-state index is 0.602. The van der Waals surface area contributed by atoms with Crippen LogP contribution in [0, 0.1) is 17.3 Å². The molecule has 0 bridgehead atoms. The lowest BCUT2D eigenvalue weighted by Crippen LogP contribution is -2.19. The molecule has 0 rings (SSSR count). The van der Waals surface area contributed by atoms with E-state index in [0.717, 1.165) is 11.8 Å². The number of hydrogen-bond donors (Lipinski definition) is 0. The standard InChI is InChI=1S/C99H200/c1-7-13-17-21-25-29-33-37-41-45-49-51-55-59-63-67-71-75-79-83-91-97(89-81-77-73-69-65-61-57-53-47-43-39-35-31-27-23-19-15-9-3)93-85-87-95-99(11-5,12-6)96-88-86-94-98(90-82-78-74-70-66-62-58-54-48-44-40-36-32-28-24-20-16-10-4)92-84-80-76-72-68-64-60-56-52-50-46-42-38-34-30-26-22-18-14-8-2/h97-98H,7-96H2,1-6H3. The number of hydrogen-bond acceptors (Lipinski definition) is 0. The molecule has 0 aromatic heterocycles. The van der Waals surface area contributed by atoms with Gasteiger partial charge in [0.05, 0.1) is 0 Å². The molecule has 0 spiro atoms. The van der Waals surface area contributed by atoms with Gasteiger partial charge in [-0.05, 0) is 30.1 Å². The van der Waals surface area contributed by atoms with Gasteiger partial charge in [0, 0.05) is 0 Å². The van der Waals surface area contributed by atoms with Crippen molar-refractivity contribution in [3.63, 3.8) is 0 Å². The van der Waals surface area contributed by atoms with Crippen LogP contribution in [0.5, 0.6) is 0 Å². The molecule has 0 nitrogen and oxygen atoms in total. The van der Waals surface area contributed by atoms with Gasteiger partial charge in [-0.3, -0.25) is 0 Å². The lowest BCUT2D eigenvalue weighted by Gasteiger charge is -2.32. The largest absolute Gasteiger partial charge is 0.0654 e. The first-order valence-corrected chi connectivity index (χ1v) is 49.1. The maximum atomic E-state index is 2.58. The van der Waals surface area contributed by atoms with E-state index in [2.05, 4.69) is 41.5 Å². The highest BCUT2D eigenvalue weighted by Gasteiger charge is 2.25. The summed E-state index contributed by atoms with van der Waals surface area (Å²) >= 11 is 0. The summed E-state index contributed by atoms with van der Waals surface area (Å²) in [7, 11) is 0. The van der Waals surface area contributed by atoms with E-state index in [0.29, 0.717) is 5.41 Å². The Morgan fingerprint density at radius 1 is 0.121 bits per heavy atom. The second-order valence-corrected chi connectivity index (χ2v) is 35.0. The van der Waals surface area contributed by atoms with Gasteiger partial charge in [0.2, 0.25) is 0 Å². The third-order valence-corrected chi connectivity index (χ3v) is 25.5. The summed E-state index contributed by atoms with van der Waals surface area (Å²) in [5, 5.41) is 0. The summed E-state index contributed by atoms with van der Waals surface area (Å²) in [6, 6.07) is 0. The monoisotopic (exact) mass is 1390 g/mol. The smallest absolute Gasteiger partial charge is 0.0303 e. The first-order valence-electron chi connectivity index (χ1n) is 49.1. The second kappa shape index (κ2) is 88.6. The number of unbranched alkanes of at least 4 members (excludes halogenated alkanes) is 74. The third-order valence-electron chi connectivity index (χ3n) is 25.5. The van der Waals surface area contributed by atoms with E-state index in [1.54, 1.807) is 0 Å². The molecule has 0 saturated heterocycles. The van der Waals surface area contributed by atoms with Crippen molar-refractivity contribution in [2.75, 3.05) is 0 Å². The van der Waals surface area contributed by atoms with E-state index in [9.17, 15) is 0 Å². The van der Waals surface area contributed by atoms with Crippen LogP contribution in [0.1, 0.15) is 619 Å². The highest BCUT2D eigenvalue weighted by atomic mass is 14.3. The van der Waals surface area contributed by atoms with Crippen molar-refractivity contribution < 1.29 is 0 Å². The summed E-state index contributed by atoms with van der Waals surface area (Å²) in [5.41, 5.74) is 0.602. The summed E-state index contributed by atoms with van der Waals surface area (Å²) < 4.78 is 0. The molecular weight excluding hydrogens is 1190 g/mol. The Bertz CT molecular complexity index is 1260. The van der Waals surface area contributed by atoms with Crippen molar-refractivity contribution in [1.82, 2.24) is 0 Å². The zero-order valence-corrected chi connectivity index (χ0v) is 71.3. The predicted molar refractivity (Wildman–Crippen MR) is 459 cm³/mol. The molecule has 0 saturated carbocycles. The van der Waals surface area contributed by atoms with Gasteiger partial charge in [-0.15, -0.1) is 0 Å². The molecule has 0 aliphatic heterocycles. The van der Waals surface area contributed by atoms with Crippen molar-refractivity contribution in [2.45, 2.75) is 619 Å². The van der Waals surface area contributed by atoms with Crippen LogP contribution in [-0.4, -0.2) is 0 Å². The van der Waals surface area contributed by atoms with Gasteiger partial charge in [-0.2, -0.15) is 0 Å². The maximum absolute atomic E-state index is 2.58. The van der Waals surface area contributed by atoms with Gasteiger partial charge in [-0.1, -0.05) is 607 Å². The van der Waals surface area contributed by atoms with Crippen molar-refractivity contribution in [3.05, 3.63) is 0 Å². The van der Waals surface area contributed by atoms with E-state index in [4.69, 9.17) is 0 Å². The average molecular weight is 1390 g/mol. The maximum Gasteiger partial charge on any atom is -0.0303 e. The topological polar surface area (TPSA) is 0 Å². The van der Waals surface area contributed by atoms with Crippen LogP contribution < -0.4 is 0 Å². The normalized spacial score (nSPS) is 12.7. The van der Waals surface area contributed by atoms with Gasteiger partial charge in [-0.25, -0.2) is 0 Å². The minimum absolute atomic E-state index is 0.602. The van der Waals surface area contributed by atoms with Gasteiger partial charge >= 0.3 is 0 Å². The fraction of sp³-hybridized carbons (Fsp3) is 1.00. The van der Waals surface area contributed by atoms with Crippen LogP contribution in [0.2, 0.25) is 0 Å². The van der Waals surface area contributed by atoms with Crippen molar-refractivity contribution in [2.24, 2.45) is 17.3 Å². The first kappa shape index (κ1) is 99.0. The molecule has 0 amide bonds. The Kier molecular flexibility index (Phi) is 88.6. The van der Waals surface area contributed by atoms with Gasteiger partial charge in [0.15, 0.2) is 0 Å². The zero-order valence-electron chi connectivity index (χ0n) is 71.3. The fourth-order valence-corrected chi connectivity index (χ4v) is 17.9. The summed E-state index contributed by atoms with van der Waals surface area (Å²) in [5.74, 6) is 2.00. The molecule has 0 heterocycles. The Hall–Kier alpha value is 0. The molecular formula is C99H200. The Morgan fingerprint density at radius 3 is 0.333 bits per heavy atom. The van der Waals surface area contributed by atoms with Crippen LogP contribution in [0.4, 0.5) is 0 Å². The number of rotatable bonds is 92. The van der Waals surface area contributed by atoms with Crippen LogP contribution in [-0.2, 0) is 0 Å². The molecule has 596 valence electrons. The van der Waals surface area contributed by atoms with Crippen LogP contribution >= 0.6 is 0 Å². The van der Waals surface area contributed by atoms with E-state index in [1.807, 2.05) is 0 Å². The summed E-state index contributed by atoms with van der Waals surface area (Å²) in [6.07, 6.45) is 134. The van der Waals surface area contributed by atoms with Gasteiger partial charge in [0.1, 0.15) is 0 Å². The molecule has 2 atom stereocenters. The quantitative estimate of drug-likeness (QED) is 0.0533. The average Bonchev–Trinajstić information content (AvgIpc) is 1.05. The molecule has 0 aromatic carbocycles. The predicted octanol–water partition coefficient (Wildman–Crippen LogP) is 38.4. The molecule has 0 aliphatic rings. The van der Waals surface area contributed by atoms with Crippen LogP contribution in [0.15, 0.2) is 0 Å².